The lowest BCUT2D eigenvalue weighted by Crippen LogP contribution is -2.13. The van der Waals surface area contributed by atoms with E-state index >= 15 is 0 Å². The predicted molar refractivity (Wildman–Crippen MR) is 96.7 cm³/mol. The third kappa shape index (κ3) is 6.11. The Balaban J connectivity index is 1.82. The molecule has 25 heavy (non-hydrogen) atoms. The van der Waals surface area contributed by atoms with Crippen LogP contribution < -0.4 is 0 Å². The molecular formula is C21H27FO3. The molecule has 0 radical (unpaired) electrons. The smallest absolute Gasteiger partial charge is 0.303 e. The van der Waals surface area contributed by atoms with Crippen molar-refractivity contribution in [2.24, 2.45) is 11.8 Å². The third-order valence-electron chi connectivity index (χ3n) is 5.03. The fourth-order valence-corrected chi connectivity index (χ4v) is 3.54. The number of carbonyl (C=O) groups is 2. The normalized spacial score (nSPS) is 20.5. The number of carboxylic acid groups (broad SMARTS) is 1. The third-order valence-corrected chi connectivity index (χ3v) is 5.03. The van der Waals surface area contributed by atoms with Crippen LogP contribution in [0.1, 0.15) is 62.5 Å². The zero-order valence-corrected chi connectivity index (χ0v) is 14.8. The monoisotopic (exact) mass is 346 g/mol. The highest BCUT2D eigenvalue weighted by Crippen LogP contribution is 2.34. The summed E-state index contributed by atoms with van der Waals surface area (Å²) in [5, 5.41) is 8.62. The Kier molecular flexibility index (Phi) is 7.35. The van der Waals surface area contributed by atoms with Gasteiger partial charge >= 0.3 is 5.97 Å². The van der Waals surface area contributed by atoms with Crippen LogP contribution in [0.5, 0.6) is 0 Å². The highest BCUT2D eigenvalue weighted by atomic mass is 19.1. The minimum atomic E-state index is -0.743. The highest BCUT2D eigenvalue weighted by Gasteiger charge is 2.32. The molecule has 3 nitrogen and oxygen atoms in total. The summed E-state index contributed by atoms with van der Waals surface area (Å²) in [6, 6.07) is 5.05. The Morgan fingerprint density at radius 1 is 1.28 bits per heavy atom. The van der Waals surface area contributed by atoms with E-state index in [1.807, 2.05) is 12.1 Å². The molecule has 1 fully saturated rings. The van der Waals surface area contributed by atoms with Gasteiger partial charge in [-0.25, -0.2) is 4.39 Å². The number of aryl methyl sites for hydroxylation is 1. The van der Waals surface area contributed by atoms with Crippen molar-refractivity contribution in [1.82, 2.24) is 0 Å². The number of hydrogen-bond donors (Lipinski definition) is 1. The molecule has 0 spiro atoms. The van der Waals surface area contributed by atoms with Crippen molar-refractivity contribution in [3.63, 3.8) is 0 Å². The second-order valence-corrected chi connectivity index (χ2v) is 6.99. The molecule has 1 N–H and O–H groups in total. The average Bonchev–Trinajstić information content (AvgIpc) is 2.92. The Labute approximate surface area is 148 Å². The second kappa shape index (κ2) is 9.50. The number of Topliss-reactive ketones (excluding diaryl/α,β-unsaturated/α-hetero) is 1. The van der Waals surface area contributed by atoms with Crippen LogP contribution in [0.3, 0.4) is 0 Å². The lowest BCUT2D eigenvalue weighted by atomic mass is 9.89. The van der Waals surface area contributed by atoms with Crippen molar-refractivity contribution in [2.75, 3.05) is 0 Å². The van der Waals surface area contributed by atoms with E-state index in [0.29, 0.717) is 24.2 Å². The van der Waals surface area contributed by atoms with Gasteiger partial charge in [-0.3, -0.25) is 9.59 Å². The van der Waals surface area contributed by atoms with Crippen molar-refractivity contribution in [1.29, 1.82) is 0 Å². The summed E-state index contributed by atoms with van der Waals surface area (Å²) < 4.78 is 13.3. The summed E-state index contributed by atoms with van der Waals surface area (Å²) in [6.07, 6.45) is 10.3. The van der Waals surface area contributed by atoms with Crippen LogP contribution in [0.4, 0.5) is 4.39 Å². The van der Waals surface area contributed by atoms with Crippen molar-refractivity contribution in [2.45, 2.75) is 58.3 Å². The van der Waals surface area contributed by atoms with Crippen LogP contribution >= 0.6 is 0 Å². The van der Waals surface area contributed by atoms with E-state index in [-0.39, 0.29) is 24.1 Å². The van der Waals surface area contributed by atoms with Crippen molar-refractivity contribution >= 4 is 17.8 Å². The van der Waals surface area contributed by atoms with Crippen molar-refractivity contribution < 1.29 is 19.1 Å². The fraction of sp³-hybridized carbons (Fsp3) is 0.524. The Morgan fingerprint density at radius 3 is 2.76 bits per heavy atom. The van der Waals surface area contributed by atoms with Gasteiger partial charge in [0.15, 0.2) is 0 Å². The van der Waals surface area contributed by atoms with Crippen LogP contribution in [0.2, 0.25) is 0 Å². The van der Waals surface area contributed by atoms with E-state index in [9.17, 15) is 14.0 Å². The van der Waals surface area contributed by atoms with Crippen LogP contribution in [-0.2, 0) is 9.59 Å². The summed E-state index contributed by atoms with van der Waals surface area (Å²) in [5.41, 5.74) is 1.59. The number of halogens is 1. The number of carbonyl (C=O) groups excluding carboxylic acids is 1. The summed E-state index contributed by atoms with van der Waals surface area (Å²) in [4.78, 5) is 22.6. The molecule has 0 aliphatic heterocycles. The number of ketones is 1. The zero-order valence-electron chi connectivity index (χ0n) is 14.8. The quantitative estimate of drug-likeness (QED) is 0.628. The Hall–Kier alpha value is -1.97. The number of hydrogen-bond acceptors (Lipinski definition) is 2. The van der Waals surface area contributed by atoms with Crippen molar-refractivity contribution in [3.8, 4) is 0 Å². The average molecular weight is 346 g/mol. The first-order valence-corrected chi connectivity index (χ1v) is 9.16. The van der Waals surface area contributed by atoms with Crippen molar-refractivity contribution in [3.05, 3.63) is 41.2 Å². The van der Waals surface area contributed by atoms with Gasteiger partial charge in [-0.1, -0.05) is 37.5 Å². The molecule has 0 heterocycles. The van der Waals surface area contributed by atoms with Crippen LogP contribution in [-0.4, -0.2) is 16.9 Å². The standard InChI is InChI=1S/C21H27FO3/c1-15-14-16(9-12-19(15)22)8-10-17-11-13-20(23)18(17)6-4-2-3-5-7-21(24)25/h8-10,12,14,17-18H,2-7,11,13H2,1H3,(H,24,25)/b10-8+. The van der Waals surface area contributed by atoms with E-state index in [2.05, 4.69) is 6.08 Å². The molecule has 1 saturated carbocycles. The summed E-state index contributed by atoms with van der Waals surface area (Å²) in [5.74, 6) is -0.259. The number of unbranched alkanes of at least 4 members (excludes halogenated alkanes) is 3. The van der Waals surface area contributed by atoms with Crippen LogP contribution in [0.25, 0.3) is 6.08 Å². The molecule has 0 saturated heterocycles. The van der Waals surface area contributed by atoms with Gasteiger partial charge in [-0.15, -0.1) is 0 Å². The molecule has 1 aliphatic rings. The number of rotatable bonds is 9. The van der Waals surface area contributed by atoms with Crippen LogP contribution in [0.15, 0.2) is 24.3 Å². The molecular weight excluding hydrogens is 319 g/mol. The molecule has 1 aromatic carbocycles. The minimum Gasteiger partial charge on any atom is -0.481 e. The molecule has 1 aromatic rings. The summed E-state index contributed by atoms with van der Waals surface area (Å²) in [7, 11) is 0. The maximum absolute atomic E-state index is 13.3. The number of allylic oxidation sites excluding steroid dienone is 1. The lowest BCUT2D eigenvalue weighted by molar-refractivity contribution is -0.137. The highest BCUT2D eigenvalue weighted by molar-refractivity contribution is 5.84. The first-order valence-electron chi connectivity index (χ1n) is 9.16. The van der Waals surface area contributed by atoms with Gasteiger partial charge in [0.05, 0.1) is 0 Å². The molecule has 0 bridgehead atoms. The number of carboxylic acids is 1. The topological polar surface area (TPSA) is 54.4 Å². The first-order chi connectivity index (χ1) is 12.0. The van der Waals surface area contributed by atoms with E-state index in [1.54, 1.807) is 13.0 Å². The number of aliphatic carboxylic acids is 1. The van der Waals surface area contributed by atoms with Gasteiger partial charge in [-0.05, 0) is 55.4 Å². The Bertz CT molecular complexity index is 636. The van der Waals surface area contributed by atoms with E-state index in [4.69, 9.17) is 5.11 Å². The molecule has 1 aliphatic carbocycles. The Morgan fingerprint density at radius 2 is 2.04 bits per heavy atom. The van der Waals surface area contributed by atoms with Gasteiger partial charge in [-0.2, -0.15) is 0 Å². The zero-order chi connectivity index (χ0) is 18.2. The van der Waals surface area contributed by atoms with Gasteiger partial charge in [0.2, 0.25) is 0 Å². The summed E-state index contributed by atoms with van der Waals surface area (Å²) >= 11 is 0. The minimum absolute atomic E-state index is 0.0808. The predicted octanol–water partition coefficient (Wildman–Crippen LogP) is 5.17. The van der Waals surface area contributed by atoms with E-state index in [0.717, 1.165) is 37.7 Å². The molecule has 0 amide bonds. The molecule has 4 heteroatoms. The fourth-order valence-electron chi connectivity index (χ4n) is 3.54. The SMILES string of the molecule is Cc1cc(/C=C/C2CCC(=O)C2CCCCCCC(=O)O)ccc1F. The molecule has 2 unspecified atom stereocenters. The van der Waals surface area contributed by atoms with Gasteiger partial charge in [0.1, 0.15) is 11.6 Å². The second-order valence-electron chi connectivity index (χ2n) is 6.99. The largest absolute Gasteiger partial charge is 0.481 e. The van der Waals surface area contributed by atoms with E-state index in [1.165, 1.54) is 6.07 Å². The molecule has 2 rings (SSSR count). The first kappa shape index (κ1) is 19.4. The van der Waals surface area contributed by atoms with E-state index < -0.39 is 5.97 Å². The van der Waals surface area contributed by atoms with Gasteiger partial charge in [0.25, 0.3) is 0 Å². The number of benzene rings is 1. The van der Waals surface area contributed by atoms with Crippen LogP contribution in [0, 0.1) is 24.6 Å². The van der Waals surface area contributed by atoms with Gasteiger partial charge < -0.3 is 5.11 Å². The maximum Gasteiger partial charge on any atom is 0.303 e. The summed E-state index contributed by atoms with van der Waals surface area (Å²) in [6.45, 7) is 1.75. The van der Waals surface area contributed by atoms with Gasteiger partial charge in [0, 0.05) is 18.8 Å². The molecule has 0 aromatic heterocycles. The molecule has 2 atom stereocenters. The lowest BCUT2D eigenvalue weighted by Gasteiger charge is -2.15. The maximum atomic E-state index is 13.3. The molecule has 136 valence electrons.